The number of carbonyl (C=O) groups excluding carboxylic acids is 2. The molecule has 2 rings (SSSR count). The van der Waals surface area contributed by atoms with Crippen LogP contribution in [0.15, 0.2) is 47.5 Å². The van der Waals surface area contributed by atoms with E-state index in [2.05, 4.69) is 25.7 Å². The van der Waals surface area contributed by atoms with Crippen molar-refractivity contribution in [2.75, 3.05) is 11.4 Å². The molecule has 1 atom stereocenters. The number of nitrogens with zero attached hydrogens (tertiary/aromatic N) is 2. The molecule has 1 heterocycles. The second-order valence-corrected chi connectivity index (χ2v) is 7.30. The van der Waals surface area contributed by atoms with Gasteiger partial charge in [-0.25, -0.2) is 0 Å². The fourth-order valence-corrected chi connectivity index (χ4v) is 3.52. The van der Waals surface area contributed by atoms with Gasteiger partial charge in [0.25, 0.3) is 5.91 Å². The van der Waals surface area contributed by atoms with Crippen LogP contribution >= 0.6 is 11.8 Å². The first-order valence-corrected chi connectivity index (χ1v) is 8.92. The van der Waals surface area contributed by atoms with E-state index in [-0.39, 0.29) is 23.3 Å². The summed E-state index contributed by atoms with van der Waals surface area (Å²) in [4.78, 5) is 26.3. The Morgan fingerprint density at radius 2 is 2.08 bits per heavy atom. The summed E-state index contributed by atoms with van der Waals surface area (Å²) in [5, 5.41) is 12.1. The first-order chi connectivity index (χ1) is 11.9. The number of rotatable bonds is 5. The molecule has 0 aliphatic carbocycles. The van der Waals surface area contributed by atoms with Crippen LogP contribution in [0.25, 0.3) is 0 Å². The van der Waals surface area contributed by atoms with Crippen molar-refractivity contribution in [1.29, 1.82) is 5.26 Å². The van der Waals surface area contributed by atoms with Crippen LogP contribution in [0, 0.1) is 11.3 Å². The Balaban J connectivity index is 2.46. The summed E-state index contributed by atoms with van der Waals surface area (Å²) in [6.45, 7) is 9.76. The summed E-state index contributed by atoms with van der Waals surface area (Å²) in [5.74, 6) is -0.261. The van der Waals surface area contributed by atoms with Gasteiger partial charge in [-0.3, -0.25) is 14.5 Å². The average Bonchev–Trinajstić information content (AvgIpc) is 2.88. The minimum Gasteiger partial charge on any atom is -0.348 e. The highest BCUT2D eigenvalue weighted by molar-refractivity contribution is 8.05. The smallest absolute Gasteiger partial charge is 0.264 e. The van der Waals surface area contributed by atoms with Gasteiger partial charge in [-0.2, -0.15) is 5.26 Å². The van der Waals surface area contributed by atoms with Crippen LogP contribution in [0.3, 0.4) is 0 Å². The Labute approximate surface area is 152 Å². The standard InChI is InChI=1S/C19H21N3O2S/c1-5-10-21-17(23)16(11-20)19-22(18(24)13(4)25-19)15-8-6-14(7-9-15)12(2)3/h5-9,12-13H,1,10H2,2-4H3,(H,21,23)/b19-16-. The van der Waals surface area contributed by atoms with Crippen LogP contribution in [0.4, 0.5) is 5.69 Å². The molecule has 1 N–H and O–H groups in total. The molecule has 1 fully saturated rings. The molecule has 1 saturated heterocycles. The minimum absolute atomic E-state index is 0.0579. The predicted octanol–water partition coefficient (Wildman–Crippen LogP) is 3.32. The number of hydrogen-bond donors (Lipinski definition) is 1. The molecule has 0 spiro atoms. The van der Waals surface area contributed by atoms with Crippen molar-refractivity contribution in [3.05, 3.63) is 53.1 Å². The van der Waals surface area contributed by atoms with E-state index in [0.29, 0.717) is 16.6 Å². The number of carbonyl (C=O) groups is 2. The summed E-state index contributed by atoms with van der Waals surface area (Å²) in [7, 11) is 0. The summed E-state index contributed by atoms with van der Waals surface area (Å²) in [5.41, 5.74) is 1.76. The predicted molar refractivity (Wildman–Crippen MR) is 101 cm³/mol. The van der Waals surface area contributed by atoms with Crippen LogP contribution in [-0.2, 0) is 9.59 Å². The van der Waals surface area contributed by atoms with Gasteiger partial charge in [-0.15, -0.1) is 6.58 Å². The monoisotopic (exact) mass is 355 g/mol. The van der Waals surface area contributed by atoms with E-state index >= 15 is 0 Å². The topological polar surface area (TPSA) is 73.2 Å². The molecule has 1 aromatic rings. The van der Waals surface area contributed by atoms with Crippen molar-refractivity contribution < 1.29 is 9.59 Å². The lowest BCUT2D eigenvalue weighted by Crippen LogP contribution is -2.31. The van der Waals surface area contributed by atoms with Gasteiger partial charge in [-0.05, 0) is 30.5 Å². The maximum atomic E-state index is 12.6. The van der Waals surface area contributed by atoms with Crippen molar-refractivity contribution in [1.82, 2.24) is 5.32 Å². The zero-order chi connectivity index (χ0) is 18.6. The van der Waals surface area contributed by atoms with Gasteiger partial charge in [0.1, 0.15) is 16.7 Å². The van der Waals surface area contributed by atoms with Crippen LogP contribution in [0.1, 0.15) is 32.3 Å². The highest BCUT2D eigenvalue weighted by Gasteiger charge is 2.38. The Bertz CT molecular complexity index is 760. The molecule has 25 heavy (non-hydrogen) atoms. The Morgan fingerprint density at radius 3 is 2.60 bits per heavy atom. The third kappa shape index (κ3) is 3.94. The molecule has 130 valence electrons. The van der Waals surface area contributed by atoms with Crippen molar-refractivity contribution in [3.63, 3.8) is 0 Å². The largest absolute Gasteiger partial charge is 0.348 e. The zero-order valence-electron chi connectivity index (χ0n) is 14.6. The molecule has 0 saturated carbocycles. The number of amides is 2. The summed E-state index contributed by atoms with van der Waals surface area (Å²) in [6.07, 6.45) is 1.54. The lowest BCUT2D eigenvalue weighted by Gasteiger charge is -2.19. The molecular formula is C19H21N3O2S. The SMILES string of the molecule is C=CCNC(=O)/C(C#N)=C1\SC(C)C(=O)N1c1ccc(C(C)C)cc1. The van der Waals surface area contributed by atoms with Crippen molar-refractivity contribution in [2.24, 2.45) is 0 Å². The second kappa shape index (κ2) is 8.04. The van der Waals surface area contributed by atoms with E-state index in [1.165, 1.54) is 22.7 Å². The maximum Gasteiger partial charge on any atom is 0.264 e. The molecule has 1 aliphatic rings. The van der Waals surface area contributed by atoms with E-state index < -0.39 is 5.91 Å². The quantitative estimate of drug-likeness (QED) is 0.500. The van der Waals surface area contributed by atoms with E-state index in [4.69, 9.17) is 0 Å². The van der Waals surface area contributed by atoms with Gasteiger partial charge >= 0.3 is 0 Å². The molecule has 1 unspecified atom stereocenters. The third-order valence-electron chi connectivity index (χ3n) is 3.84. The van der Waals surface area contributed by atoms with E-state index in [0.717, 1.165) is 5.56 Å². The lowest BCUT2D eigenvalue weighted by molar-refractivity contribution is -0.117. The van der Waals surface area contributed by atoms with Gasteiger partial charge in [0, 0.05) is 12.2 Å². The normalized spacial score (nSPS) is 18.9. The number of nitrogens with one attached hydrogen (secondary N) is 1. The Morgan fingerprint density at radius 1 is 1.44 bits per heavy atom. The van der Waals surface area contributed by atoms with Gasteiger partial charge < -0.3 is 5.32 Å². The van der Waals surface area contributed by atoms with Gasteiger partial charge in [0.2, 0.25) is 5.91 Å². The zero-order valence-corrected chi connectivity index (χ0v) is 15.4. The molecule has 1 aromatic carbocycles. The molecule has 0 bridgehead atoms. The summed E-state index contributed by atoms with van der Waals surface area (Å²) >= 11 is 1.23. The Kier molecular flexibility index (Phi) is 6.05. The molecule has 0 radical (unpaired) electrons. The number of anilines is 1. The number of thioether (sulfide) groups is 1. The van der Waals surface area contributed by atoms with E-state index in [1.54, 1.807) is 6.92 Å². The molecule has 5 nitrogen and oxygen atoms in total. The number of nitriles is 1. The summed E-state index contributed by atoms with van der Waals surface area (Å²) < 4.78 is 0. The van der Waals surface area contributed by atoms with E-state index in [1.807, 2.05) is 30.3 Å². The van der Waals surface area contributed by atoms with Crippen molar-refractivity contribution in [3.8, 4) is 6.07 Å². The highest BCUT2D eigenvalue weighted by atomic mass is 32.2. The van der Waals surface area contributed by atoms with Crippen LogP contribution in [0.5, 0.6) is 0 Å². The van der Waals surface area contributed by atoms with Gasteiger partial charge in [0.15, 0.2) is 0 Å². The molecular weight excluding hydrogens is 334 g/mol. The number of benzene rings is 1. The highest BCUT2D eigenvalue weighted by Crippen LogP contribution is 2.40. The van der Waals surface area contributed by atoms with Crippen LogP contribution < -0.4 is 10.2 Å². The lowest BCUT2D eigenvalue weighted by atomic mass is 10.0. The number of hydrogen-bond acceptors (Lipinski definition) is 4. The molecule has 0 aromatic heterocycles. The first kappa shape index (κ1) is 18.8. The molecule has 1 aliphatic heterocycles. The first-order valence-electron chi connectivity index (χ1n) is 8.04. The second-order valence-electron chi connectivity index (χ2n) is 5.97. The Hall–Kier alpha value is -2.52. The molecule has 6 heteroatoms. The fourth-order valence-electron chi connectivity index (χ4n) is 2.42. The van der Waals surface area contributed by atoms with Gasteiger partial charge in [0.05, 0.1) is 5.25 Å². The van der Waals surface area contributed by atoms with Gasteiger partial charge in [-0.1, -0.05) is 43.8 Å². The average molecular weight is 355 g/mol. The maximum absolute atomic E-state index is 12.6. The van der Waals surface area contributed by atoms with E-state index in [9.17, 15) is 14.9 Å². The third-order valence-corrected chi connectivity index (χ3v) is 5.00. The fraction of sp³-hybridized carbons (Fsp3) is 0.316. The summed E-state index contributed by atoms with van der Waals surface area (Å²) in [6, 6.07) is 9.56. The minimum atomic E-state index is -0.504. The van der Waals surface area contributed by atoms with Crippen molar-refractivity contribution in [2.45, 2.75) is 31.9 Å². The molecule has 2 amide bonds. The van der Waals surface area contributed by atoms with Crippen molar-refractivity contribution >= 4 is 29.3 Å². The van der Waals surface area contributed by atoms with Crippen LogP contribution in [-0.4, -0.2) is 23.6 Å². The van der Waals surface area contributed by atoms with Crippen LogP contribution in [0.2, 0.25) is 0 Å².